The van der Waals surface area contributed by atoms with Crippen LogP contribution in [-0.2, 0) is 0 Å². The van der Waals surface area contributed by atoms with Crippen LogP contribution in [0.3, 0.4) is 0 Å². The average Bonchev–Trinajstić information content (AvgIpc) is 2.20. The van der Waals surface area contributed by atoms with Crippen LogP contribution in [0.25, 0.3) is 6.08 Å². The molecule has 1 aromatic rings. The second-order valence-electron chi connectivity index (χ2n) is 3.47. The third-order valence-corrected chi connectivity index (χ3v) is 2.10. The van der Waals surface area contributed by atoms with Gasteiger partial charge in [0.25, 0.3) is 0 Å². The summed E-state index contributed by atoms with van der Waals surface area (Å²) in [7, 11) is 5.73. The van der Waals surface area contributed by atoms with Crippen molar-refractivity contribution in [2.75, 3.05) is 26.0 Å². The van der Waals surface area contributed by atoms with Gasteiger partial charge < -0.3 is 4.90 Å². The zero-order valence-corrected chi connectivity index (χ0v) is 9.44. The highest BCUT2D eigenvalue weighted by Gasteiger charge is 1.98. The van der Waals surface area contributed by atoms with Gasteiger partial charge in [-0.05, 0) is 36.3 Å². The minimum atomic E-state index is 0.780. The maximum absolute atomic E-state index is 5.92. The lowest BCUT2D eigenvalue weighted by molar-refractivity contribution is 1.13. The Morgan fingerprint density at radius 1 is 1.33 bits per heavy atom. The van der Waals surface area contributed by atoms with Crippen LogP contribution in [0, 0.1) is 6.92 Å². The molecule has 0 aliphatic rings. The van der Waals surface area contributed by atoms with E-state index in [1.54, 1.807) is 13.3 Å². The van der Waals surface area contributed by atoms with Crippen molar-refractivity contribution in [2.24, 2.45) is 4.99 Å². The van der Waals surface area contributed by atoms with Crippen molar-refractivity contribution in [3.8, 4) is 0 Å². The molecule has 0 aromatic heterocycles. The van der Waals surface area contributed by atoms with Gasteiger partial charge in [-0.25, -0.2) is 0 Å². The van der Waals surface area contributed by atoms with Crippen LogP contribution in [0.4, 0.5) is 5.69 Å². The quantitative estimate of drug-likeness (QED) is 0.684. The van der Waals surface area contributed by atoms with E-state index in [0.29, 0.717) is 0 Å². The molecule has 0 saturated carbocycles. The second kappa shape index (κ2) is 5.35. The number of nitrogens with zero attached hydrogens (tertiary/aromatic N) is 2. The summed E-state index contributed by atoms with van der Waals surface area (Å²) in [6.07, 6.45) is 5.56. The molecule has 0 spiro atoms. The fourth-order valence-corrected chi connectivity index (χ4v) is 1.22. The second-order valence-corrected chi connectivity index (χ2v) is 3.47. The number of anilines is 1. The first kappa shape index (κ1) is 11.5. The first-order chi connectivity index (χ1) is 7.15. The third kappa shape index (κ3) is 3.24. The van der Waals surface area contributed by atoms with E-state index in [1.165, 1.54) is 0 Å². The average molecular weight is 200 g/mol. The zero-order chi connectivity index (χ0) is 11.3. The molecule has 0 fully saturated rings. The fraction of sp³-hybridized carbons (Fsp3) is 0.231. The normalized spacial score (nSPS) is 11.5. The van der Waals surface area contributed by atoms with Gasteiger partial charge in [0, 0.05) is 33.0 Å². The Morgan fingerprint density at radius 2 is 2.07 bits per heavy atom. The van der Waals surface area contributed by atoms with Crippen LogP contribution in [-0.4, -0.2) is 27.4 Å². The molecular weight excluding hydrogens is 184 g/mol. The minimum absolute atomic E-state index is 0.780. The Balaban J connectivity index is 2.93. The van der Waals surface area contributed by atoms with E-state index < -0.39 is 0 Å². The summed E-state index contributed by atoms with van der Waals surface area (Å²) in [6.45, 7) is 5.92. The number of rotatable bonds is 3. The highest BCUT2D eigenvalue weighted by Crippen LogP contribution is 2.18. The van der Waals surface area contributed by atoms with Gasteiger partial charge in [-0.15, -0.1) is 0 Å². The van der Waals surface area contributed by atoms with Crippen LogP contribution in [0.2, 0.25) is 0 Å². The molecule has 1 rings (SSSR count). The molecule has 0 unspecified atom stereocenters. The van der Waals surface area contributed by atoms with Gasteiger partial charge in [0.2, 0.25) is 0 Å². The van der Waals surface area contributed by atoms with E-state index in [1.807, 2.05) is 49.3 Å². The molecule has 15 heavy (non-hydrogen) atoms. The lowest BCUT2D eigenvalue weighted by Gasteiger charge is -2.13. The van der Waals surface area contributed by atoms with Gasteiger partial charge in [0.1, 0.15) is 0 Å². The van der Waals surface area contributed by atoms with Gasteiger partial charge in [-0.3, -0.25) is 4.99 Å². The number of hydrogen-bond acceptors (Lipinski definition) is 2. The molecule has 1 aromatic carbocycles. The first-order valence-corrected chi connectivity index (χ1v) is 4.81. The van der Waals surface area contributed by atoms with Gasteiger partial charge in [0.05, 0.1) is 0 Å². The molecule has 0 amide bonds. The molecule has 2 radical (unpaired) electrons. The predicted octanol–water partition coefficient (Wildman–Crippen LogP) is 2.53. The van der Waals surface area contributed by atoms with E-state index in [4.69, 9.17) is 6.92 Å². The Morgan fingerprint density at radius 3 is 2.60 bits per heavy atom. The van der Waals surface area contributed by atoms with Crippen LogP contribution in [0.5, 0.6) is 0 Å². The number of hydrogen-bond donors (Lipinski definition) is 0. The molecule has 0 saturated heterocycles. The minimum Gasteiger partial charge on any atom is -0.378 e. The molecule has 0 heterocycles. The Bertz CT molecular complexity index is 376. The van der Waals surface area contributed by atoms with E-state index in [0.717, 1.165) is 16.8 Å². The number of benzene rings is 1. The predicted molar refractivity (Wildman–Crippen MR) is 67.6 cm³/mol. The maximum Gasteiger partial charge on any atom is 0.0364 e. The monoisotopic (exact) mass is 200 g/mol. The van der Waals surface area contributed by atoms with Gasteiger partial charge >= 0.3 is 0 Å². The molecule has 2 heteroatoms. The SMILES string of the molecule is [CH]c1cc(N(C)C)ccc1C=CC=NC. The third-order valence-electron chi connectivity index (χ3n) is 2.10. The summed E-state index contributed by atoms with van der Waals surface area (Å²) in [5, 5.41) is 0. The van der Waals surface area contributed by atoms with Gasteiger partial charge in [-0.1, -0.05) is 12.1 Å². The van der Waals surface area contributed by atoms with Crippen molar-refractivity contribution in [1.29, 1.82) is 0 Å². The number of allylic oxidation sites excluding steroid dienone is 1. The van der Waals surface area contributed by atoms with Crippen molar-refractivity contribution in [3.05, 3.63) is 42.3 Å². The smallest absolute Gasteiger partial charge is 0.0364 e. The summed E-state index contributed by atoms with van der Waals surface area (Å²) in [6, 6.07) is 6.01. The molecular formula is C13H16N2. The molecule has 0 aliphatic carbocycles. The highest BCUT2D eigenvalue weighted by molar-refractivity contribution is 5.79. The lowest BCUT2D eigenvalue weighted by atomic mass is 10.1. The summed E-state index contributed by atoms with van der Waals surface area (Å²) in [4.78, 5) is 5.89. The largest absolute Gasteiger partial charge is 0.378 e. The molecule has 2 nitrogen and oxygen atoms in total. The van der Waals surface area contributed by atoms with Crippen molar-refractivity contribution in [3.63, 3.8) is 0 Å². The van der Waals surface area contributed by atoms with Gasteiger partial charge in [0.15, 0.2) is 0 Å². The topological polar surface area (TPSA) is 15.6 Å². The zero-order valence-electron chi connectivity index (χ0n) is 9.44. The standard InChI is InChI=1S/C13H16N2/c1-11-10-13(15(3)4)8-7-12(11)6-5-9-14-2/h1,5-10H,2-4H3. The van der Waals surface area contributed by atoms with Crippen LogP contribution in [0.1, 0.15) is 11.1 Å². The lowest BCUT2D eigenvalue weighted by Crippen LogP contribution is -2.08. The van der Waals surface area contributed by atoms with Gasteiger partial charge in [-0.2, -0.15) is 0 Å². The molecule has 0 bridgehead atoms. The first-order valence-electron chi connectivity index (χ1n) is 4.81. The van der Waals surface area contributed by atoms with Crippen molar-refractivity contribution in [1.82, 2.24) is 0 Å². The van der Waals surface area contributed by atoms with Crippen molar-refractivity contribution >= 4 is 18.0 Å². The molecule has 0 N–H and O–H groups in total. The summed E-state index contributed by atoms with van der Waals surface area (Å²) >= 11 is 0. The highest BCUT2D eigenvalue weighted by atomic mass is 15.1. The van der Waals surface area contributed by atoms with Crippen LogP contribution in [0.15, 0.2) is 29.3 Å². The van der Waals surface area contributed by atoms with E-state index in [2.05, 4.69) is 4.99 Å². The van der Waals surface area contributed by atoms with E-state index in [9.17, 15) is 0 Å². The molecule has 0 atom stereocenters. The van der Waals surface area contributed by atoms with E-state index >= 15 is 0 Å². The molecule has 78 valence electrons. The summed E-state index contributed by atoms with van der Waals surface area (Å²) < 4.78 is 0. The molecule has 0 aliphatic heterocycles. The Hall–Kier alpha value is -1.57. The van der Waals surface area contributed by atoms with Crippen molar-refractivity contribution < 1.29 is 0 Å². The van der Waals surface area contributed by atoms with E-state index in [-0.39, 0.29) is 0 Å². The fourth-order valence-electron chi connectivity index (χ4n) is 1.22. The maximum atomic E-state index is 5.92. The summed E-state index contributed by atoms with van der Waals surface area (Å²) in [5.41, 5.74) is 2.90. The number of aliphatic imine (C=N–C) groups is 1. The van der Waals surface area contributed by atoms with Crippen LogP contribution >= 0.6 is 0 Å². The Kier molecular flexibility index (Phi) is 4.10. The summed E-state index contributed by atoms with van der Waals surface area (Å²) in [5.74, 6) is 0. The van der Waals surface area contributed by atoms with Crippen LogP contribution < -0.4 is 4.90 Å². The Labute approximate surface area is 92.0 Å². The van der Waals surface area contributed by atoms with Crippen molar-refractivity contribution in [2.45, 2.75) is 0 Å².